The van der Waals surface area contributed by atoms with E-state index in [0.717, 1.165) is 16.6 Å². The number of anilines is 1. The van der Waals surface area contributed by atoms with Crippen LogP contribution in [-0.2, 0) is 21.4 Å². The molecule has 3 rings (SSSR count). The molecule has 2 aromatic carbocycles. The zero-order valence-electron chi connectivity index (χ0n) is 17.1. The summed E-state index contributed by atoms with van der Waals surface area (Å²) in [6, 6.07) is 10.9. The zero-order chi connectivity index (χ0) is 22.6. The molecule has 3 aromatic rings. The molecule has 31 heavy (non-hydrogen) atoms. The van der Waals surface area contributed by atoms with E-state index in [2.05, 4.69) is 15.5 Å². The van der Waals surface area contributed by atoms with Crippen molar-refractivity contribution in [2.45, 2.75) is 19.5 Å². The normalized spacial score (nSPS) is 12.3. The standard InChI is InChI=1S/C20H21FN4O5S/c1-13(25(31(3,27)28)16-8-5-7-15(21)11-16)20(26)22-12-18-23-19(24-30-18)14-6-4-9-17(10-14)29-2/h4-11,13H,12H2,1-3H3,(H,22,26)/t13-/m0/s1. The molecule has 0 radical (unpaired) electrons. The molecule has 1 N–H and O–H groups in total. The lowest BCUT2D eigenvalue weighted by Gasteiger charge is -2.28. The van der Waals surface area contributed by atoms with Crippen molar-refractivity contribution in [3.8, 4) is 17.1 Å². The third-order valence-electron chi connectivity index (χ3n) is 4.36. The van der Waals surface area contributed by atoms with Crippen molar-refractivity contribution >= 4 is 21.6 Å². The van der Waals surface area contributed by atoms with E-state index >= 15 is 0 Å². The van der Waals surface area contributed by atoms with Gasteiger partial charge in [-0.1, -0.05) is 23.4 Å². The SMILES string of the molecule is COc1cccc(-c2noc(CNC(=O)[C@H](C)N(c3cccc(F)c3)S(C)(=O)=O)n2)c1. The first kappa shape index (κ1) is 22.2. The Hall–Kier alpha value is -3.47. The number of carbonyl (C=O) groups excluding carboxylic acids is 1. The van der Waals surface area contributed by atoms with Gasteiger partial charge in [0, 0.05) is 5.56 Å². The van der Waals surface area contributed by atoms with Crippen LogP contribution in [0.5, 0.6) is 5.75 Å². The van der Waals surface area contributed by atoms with E-state index in [1.165, 1.54) is 25.1 Å². The molecule has 0 unspecified atom stereocenters. The first-order chi connectivity index (χ1) is 14.7. The van der Waals surface area contributed by atoms with Gasteiger partial charge >= 0.3 is 0 Å². The van der Waals surface area contributed by atoms with E-state index < -0.39 is 27.8 Å². The van der Waals surface area contributed by atoms with Crippen molar-refractivity contribution in [3.63, 3.8) is 0 Å². The van der Waals surface area contributed by atoms with Crippen LogP contribution in [0.4, 0.5) is 10.1 Å². The lowest BCUT2D eigenvalue weighted by molar-refractivity contribution is -0.122. The van der Waals surface area contributed by atoms with Crippen LogP contribution in [0.25, 0.3) is 11.4 Å². The molecule has 0 saturated heterocycles. The molecule has 11 heteroatoms. The summed E-state index contributed by atoms with van der Waals surface area (Å²) in [4.78, 5) is 16.8. The Bertz CT molecular complexity index is 1180. The summed E-state index contributed by atoms with van der Waals surface area (Å²) in [5.74, 6) is -0.154. The molecule has 9 nitrogen and oxygen atoms in total. The predicted octanol–water partition coefficient (Wildman–Crippen LogP) is 2.36. The topological polar surface area (TPSA) is 115 Å². The van der Waals surface area contributed by atoms with Crippen LogP contribution in [-0.4, -0.2) is 43.9 Å². The highest BCUT2D eigenvalue weighted by Crippen LogP contribution is 2.23. The van der Waals surface area contributed by atoms with Gasteiger partial charge in [-0.3, -0.25) is 9.10 Å². The Morgan fingerprint density at radius 3 is 2.68 bits per heavy atom. The maximum Gasteiger partial charge on any atom is 0.246 e. The Labute approximate surface area is 178 Å². The van der Waals surface area contributed by atoms with E-state index in [1.54, 1.807) is 31.4 Å². The average molecular weight is 448 g/mol. The maximum atomic E-state index is 13.6. The number of nitrogens with zero attached hydrogens (tertiary/aromatic N) is 3. The van der Waals surface area contributed by atoms with Crippen molar-refractivity contribution in [3.05, 3.63) is 60.2 Å². The molecule has 1 heterocycles. The average Bonchev–Trinajstić information content (AvgIpc) is 3.20. The van der Waals surface area contributed by atoms with E-state index in [0.29, 0.717) is 17.1 Å². The van der Waals surface area contributed by atoms with Gasteiger partial charge in [-0.25, -0.2) is 12.8 Å². The number of rotatable bonds is 8. The van der Waals surface area contributed by atoms with Gasteiger partial charge in [-0.2, -0.15) is 4.98 Å². The summed E-state index contributed by atoms with van der Waals surface area (Å²) in [5.41, 5.74) is 0.714. The second-order valence-electron chi connectivity index (χ2n) is 6.68. The molecule has 0 aliphatic carbocycles. The number of sulfonamides is 1. The second-order valence-corrected chi connectivity index (χ2v) is 8.54. The quantitative estimate of drug-likeness (QED) is 0.563. The minimum absolute atomic E-state index is 0.0447. The molecule has 1 aromatic heterocycles. The third-order valence-corrected chi connectivity index (χ3v) is 5.60. The minimum Gasteiger partial charge on any atom is -0.497 e. The Balaban J connectivity index is 1.71. The molecule has 1 amide bonds. The van der Waals surface area contributed by atoms with Crippen LogP contribution in [0.15, 0.2) is 53.1 Å². The number of methoxy groups -OCH3 is 1. The van der Waals surface area contributed by atoms with Crippen LogP contribution >= 0.6 is 0 Å². The minimum atomic E-state index is -3.86. The molecule has 0 aliphatic heterocycles. The number of benzene rings is 2. The molecule has 0 spiro atoms. The fourth-order valence-corrected chi connectivity index (χ4v) is 4.11. The predicted molar refractivity (Wildman–Crippen MR) is 111 cm³/mol. The molecular formula is C20H21FN4O5S. The number of nitrogens with one attached hydrogen (secondary N) is 1. The van der Waals surface area contributed by atoms with E-state index in [-0.39, 0.29) is 18.1 Å². The van der Waals surface area contributed by atoms with Gasteiger partial charge in [0.25, 0.3) is 0 Å². The number of carbonyl (C=O) groups is 1. The number of hydrogen-bond acceptors (Lipinski definition) is 7. The summed E-state index contributed by atoms with van der Waals surface area (Å²) in [6.45, 7) is 1.29. The maximum absolute atomic E-state index is 13.6. The summed E-state index contributed by atoms with van der Waals surface area (Å²) < 4.78 is 49.2. The molecular weight excluding hydrogens is 427 g/mol. The lowest BCUT2D eigenvalue weighted by atomic mass is 10.2. The largest absolute Gasteiger partial charge is 0.497 e. The van der Waals surface area contributed by atoms with Gasteiger partial charge in [-0.15, -0.1) is 0 Å². The molecule has 0 saturated carbocycles. The number of hydrogen-bond donors (Lipinski definition) is 1. The number of halogens is 1. The Morgan fingerprint density at radius 2 is 2.00 bits per heavy atom. The molecule has 0 fully saturated rings. The number of amides is 1. The van der Waals surface area contributed by atoms with Gasteiger partial charge < -0.3 is 14.6 Å². The van der Waals surface area contributed by atoms with Gasteiger partial charge in [0.1, 0.15) is 17.6 Å². The second kappa shape index (κ2) is 9.13. The van der Waals surface area contributed by atoms with E-state index in [1.807, 2.05) is 0 Å². The highest BCUT2D eigenvalue weighted by atomic mass is 32.2. The smallest absolute Gasteiger partial charge is 0.246 e. The monoisotopic (exact) mass is 448 g/mol. The van der Waals surface area contributed by atoms with Crippen LogP contribution in [0.1, 0.15) is 12.8 Å². The number of aromatic nitrogens is 2. The molecule has 164 valence electrons. The third kappa shape index (κ3) is 5.37. The van der Waals surface area contributed by atoms with Gasteiger partial charge in [0.05, 0.1) is 25.6 Å². The van der Waals surface area contributed by atoms with Crippen LogP contribution in [0.2, 0.25) is 0 Å². The van der Waals surface area contributed by atoms with Gasteiger partial charge in [-0.05, 0) is 37.3 Å². The van der Waals surface area contributed by atoms with Gasteiger partial charge in [0.2, 0.25) is 27.6 Å². The van der Waals surface area contributed by atoms with Gasteiger partial charge in [0.15, 0.2) is 0 Å². The Morgan fingerprint density at radius 1 is 1.26 bits per heavy atom. The molecule has 1 atom stereocenters. The summed E-state index contributed by atoms with van der Waals surface area (Å²) in [6.07, 6.45) is 0.945. The lowest BCUT2D eigenvalue weighted by Crippen LogP contribution is -2.47. The van der Waals surface area contributed by atoms with Crippen molar-refractivity contribution in [1.82, 2.24) is 15.5 Å². The van der Waals surface area contributed by atoms with E-state index in [9.17, 15) is 17.6 Å². The first-order valence-electron chi connectivity index (χ1n) is 9.18. The van der Waals surface area contributed by atoms with Crippen LogP contribution < -0.4 is 14.4 Å². The van der Waals surface area contributed by atoms with Crippen LogP contribution in [0, 0.1) is 5.82 Å². The zero-order valence-corrected chi connectivity index (χ0v) is 17.9. The van der Waals surface area contributed by atoms with Crippen LogP contribution in [0.3, 0.4) is 0 Å². The molecule has 0 bridgehead atoms. The van der Waals surface area contributed by atoms with E-state index in [4.69, 9.17) is 9.26 Å². The van der Waals surface area contributed by atoms with Crippen molar-refractivity contribution < 1.29 is 26.9 Å². The number of ether oxygens (including phenoxy) is 1. The van der Waals surface area contributed by atoms with Crippen molar-refractivity contribution in [2.24, 2.45) is 0 Å². The molecule has 0 aliphatic rings. The summed E-state index contributed by atoms with van der Waals surface area (Å²) >= 11 is 0. The highest BCUT2D eigenvalue weighted by Gasteiger charge is 2.29. The first-order valence-corrected chi connectivity index (χ1v) is 11.0. The van der Waals surface area contributed by atoms with Crippen molar-refractivity contribution in [1.29, 1.82) is 0 Å². The Kier molecular flexibility index (Phi) is 6.54. The fraction of sp³-hybridized carbons (Fsp3) is 0.250. The fourth-order valence-electron chi connectivity index (χ4n) is 2.94. The highest BCUT2D eigenvalue weighted by molar-refractivity contribution is 7.92. The summed E-state index contributed by atoms with van der Waals surface area (Å²) in [7, 11) is -2.32. The summed E-state index contributed by atoms with van der Waals surface area (Å²) in [5, 5.41) is 6.44. The van der Waals surface area contributed by atoms with Crippen molar-refractivity contribution in [2.75, 3.05) is 17.7 Å².